The van der Waals surface area contributed by atoms with Crippen LogP contribution in [-0.2, 0) is 4.74 Å². The summed E-state index contributed by atoms with van der Waals surface area (Å²) in [6.07, 6.45) is 21.1. The third-order valence-electron chi connectivity index (χ3n) is 7.90. The fraction of sp³-hybridized carbons (Fsp3) is 1.00. The van der Waals surface area contributed by atoms with Gasteiger partial charge in [0.1, 0.15) is 0 Å². The summed E-state index contributed by atoms with van der Waals surface area (Å²) in [5, 5.41) is 0. The fourth-order valence-corrected chi connectivity index (χ4v) is 6.17. The normalized spacial score (nSPS) is 41.2. The molecule has 1 heteroatoms. The Balaban J connectivity index is 1.35. The molecule has 3 saturated carbocycles. The van der Waals surface area contributed by atoms with Crippen LogP contribution in [0.25, 0.3) is 0 Å². The zero-order chi connectivity index (χ0) is 16.8. The van der Waals surface area contributed by atoms with E-state index in [1.54, 1.807) is 38.5 Å². The first-order chi connectivity index (χ1) is 11.8. The minimum atomic E-state index is 0.589. The smallest absolute Gasteiger partial charge is 0.0575 e. The van der Waals surface area contributed by atoms with E-state index in [-0.39, 0.29) is 0 Å². The molecule has 0 aromatic carbocycles. The molecule has 3 rings (SSSR count). The summed E-state index contributed by atoms with van der Waals surface area (Å²) in [6.45, 7) is 5.58. The molecular formula is C23H42O. The highest BCUT2D eigenvalue weighted by Crippen LogP contribution is 2.45. The Bertz CT molecular complexity index is 328. The molecule has 3 fully saturated rings. The van der Waals surface area contributed by atoms with Crippen LogP contribution in [0.3, 0.4) is 0 Å². The van der Waals surface area contributed by atoms with Gasteiger partial charge in [0.25, 0.3) is 0 Å². The number of rotatable bonds is 6. The highest BCUT2D eigenvalue weighted by molar-refractivity contribution is 4.85. The van der Waals surface area contributed by atoms with Crippen LogP contribution in [-0.4, -0.2) is 12.7 Å². The van der Waals surface area contributed by atoms with Gasteiger partial charge in [0.2, 0.25) is 0 Å². The van der Waals surface area contributed by atoms with E-state index < -0.39 is 0 Å². The minimum absolute atomic E-state index is 0.589. The molecule has 0 aliphatic heterocycles. The maximum Gasteiger partial charge on any atom is 0.0575 e. The van der Waals surface area contributed by atoms with Crippen LogP contribution in [0.4, 0.5) is 0 Å². The zero-order valence-electron chi connectivity index (χ0n) is 16.5. The van der Waals surface area contributed by atoms with Crippen molar-refractivity contribution in [3.8, 4) is 0 Å². The summed E-state index contributed by atoms with van der Waals surface area (Å²) in [4.78, 5) is 0. The van der Waals surface area contributed by atoms with E-state index in [0.717, 1.165) is 36.2 Å². The SMILES string of the molecule is CCCOC1CCC(C2CCC(C3CCC(CC)CC3)CC2)CC1. The molecule has 0 bridgehead atoms. The van der Waals surface area contributed by atoms with Gasteiger partial charge in [-0.15, -0.1) is 0 Å². The van der Waals surface area contributed by atoms with Crippen molar-refractivity contribution in [3.63, 3.8) is 0 Å². The van der Waals surface area contributed by atoms with Crippen molar-refractivity contribution in [1.82, 2.24) is 0 Å². The van der Waals surface area contributed by atoms with Crippen molar-refractivity contribution < 1.29 is 4.74 Å². The molecular weight excluding hydrogens is 292 g/mol. The van der Waals surface area contributed by atoms with Crippen LogP contribution >= 0.6 is 0 Å². The zero-order valence-corrected chi connectivity index (χ0v) is 16.5. The summed E-state index contributed by atoms with van der Waals surface area (Å²) < 4.78 is 5.98. The lowest BCUT2D eigenvalue weighted by atomic mass is 9.65. The molecule has 0 aromatic rings. The lowest BCUT2D eigenvalue weighted by Crippen LogP contribution is -2.31. The van der Waals surface area contributed by atoms with E-state index in [2.05, 4.69) is 13.8 Å². The highest BCUT2D eigenvalue weighted by atomic mass is 16.5. The molecule has 1 nitrogen and oxygen atoms in total. The lowest BCUT2D eigenvalue weighted by Gasteiger charge is -2.41. The molecule has 0 amide bonds. The molecule has 0 radical (unpaired) electrons. The second-order valence-electron chi connectivity index (χ2n) is 9.27. The second-order valence-corrected chi connectivity index (χ2v) is 9.27. The number of hydrogen-bond acceptors (Lipinski definition) is 1. The Morgan fingerprint density at radius 3 is 1.42 bits per heavy atom. The molecule has 140 valence electrons. The summed E-state index contributed by atoms with van der Waals surface area (Å²) in [5.74, 6) is 5.32. The van der Waals surface area contributed by atoms with Crippen LogP contribution in [0.5, 0.6) is 0 Å². The summed E-state index contributed by atoms with van der Waals surface area (Å²) in [5.41, 5.74) is 0. The third kappa shape index (κ3) is 4.99. The van der Waals surface area contributed by atoms with Gasteiger partial charge >= 0.3 is 0 Å². The first kappa shape index (κ1) is 18.7. The summed E-state index contributed by atoms with van der Waals surface area (Å²) >= 11 is 0. The minimum Gasteiger partial charge on any atom is -0.378 e. The summed E-state index contributed by atoms with van der Waals surface area (Å²) in [7, 11) is 0. The second kappa shape index (κ2) is 9.60. The lowest BCUT2D eigenvalue weighted by molar-refractivity contribution is 0.00570. The molecule has 0 heterocycles. The first-order valence-corrected chi connectivity index (χ1v) is 11.4. The van der Waals surface area contributed by atoms with Gasteiger partial charge in [0.05, 0.1) is 6.10 Å². The molecule has 0 unspecified atom stereocenters. The maximum atomic E-state index is 5.98. The Hall–Kier alpha value is -0.0400. The molecule has 0 N–H and O–H groups in total. The van der Waals surface area contributed by atoms with Gasteiger partial charge in [-0.2, -0.15) is 0 Å². The van der Waals surface area contributed by atoms with Crippen molar-refractivity contribution in [3.05, 3.63) is 0 Å². The predicted molar refractivity (Wildman–Crippen MR) is 103 cm³/mol. The van der Waals surface area contributed by atoms with E-state index in [9.17, 15) is 0 Å². The van der Waals surface area contributed by atoms with Crippen LogP contribution < -0.4 is 0 Å². The molecule has 0 atom stereocenters. The maximum absolute atomic E-state index is 5.98. The van der Waals surface area contributed by atoms with Gasteiger partial charge < -0.3 is 4.74 Å². The summed E-state index contributed by atoms with van der Waals surface area (Å²) in [6, 6.07) is 0. The molecule has 3 aliphatic rings. The number of ether oxygens (including phenoxy) is 1. The Labute approximate surface area is 151 Å². The average Bonchev–Trinajstić information content (AvgIpc) is 2.67. The molecule has 24 heavy (non-hydrogen) atoms. The van der Waals surface area contributed by atoms with Crippen molar-refractivity contribution in [2.24, 2.45) is 29.6 Å². The van der Waals surface area contributed by atoms with Crippen molar-refractivity contribution in [2.75, 3.05) is 6.61 Å². The van der Waals surface area contributed by atoms with Gasteiger partial charge in [-0.25, -0.2) is 0 Å². The molecule has 0 aromatic heterocycles. The van der Waals surface area contributed by atoms with Crippen LogP contribution in [0.2, 0.25) is 0 Å². The van der Waals surface area contributed by atoms with Gasteiger partial charge in [0, 0.05) is 6.61 Å². The molecule has 0 spiro atoms. The van der Waals surface area contributed by atoms with E-state index in [0.29, 0.717) is 6.10 Å². The van der Waals surface area contributed by atoms with Crippen molar-refractivity contribution in [1.29, 1.82) is 0 Å². The molecule has 3 aliphatic carbocycles. The Morgan fingerprint density at radius 1 is 0.583 bits per heavy atom. The van der Waals surface area contributed by atoms with Crippen molar-refractivity contribution >= 4 is 0 Å². The first-order valence-electron chi connectivity index (χ1n) is 11.4. The highest BCUT2D eigenvalue weighted by Gasteiger charge is 2.34. The topological polar surface area (TPSA) is 9.23 Å². The van der Waals surface area contributed by atoms with Crippen molar-refractivity contribution in [2.45, 2.75) is 110 Å². The predicted octanol–water partition coefficient (Wildman–Crippen LogP) is 6.99. The van der Waals surface area contributed by atoms with Gasteiger partial charge in [0.15, 0.2) is 0 Å². The average molecular weight is 335 g/mol. The van der Waals surface area contributed by atoms with Gasteiger partial charge in [-0.1, -0.05) is 33.1 Å². The Kier molecular flexibility index (Phi) is 7.50. The standard InChI is InChI=1S/C23H42O/c1-3-17-24-23-15-13-22(14-16-23)21-11-9-20(10-12-21)19-7-5-18(4-2)6-8-19/h18-23H,3-17H2,1-2H3. The quantitative estimate of drug-likeness (QED) is 0.508. The van der Waals surface area contributed by atoms with Crippen LogP contribution in [0, 0.1) is 29.6 Å². The van der Waals surface area contributed by atoms with E-state index in [1.807, 2.05) is 0 Å². The molecule has 0 saturated heterocycles. The fourth-order valence-electron chi connectivity index (χ4n) is 6.17. The van der Waals surface area contributed by atoms with E-state index >= 15 is 0 Å². The van der Waals surface area contributed by atoms with Gasteiger partial charge in [-0.05, 0) is 100 Å². The number of hydrogen-bond donors (Lipinski definition) is 0. The monoisotopic (exact) mass is 334 g/mol. The van der Waals surface area contributed by atoms with E-state index in [1.165, 1.54) is 51.4 Å². The largest absolute Gasteiger partial charge is 0.378 e. The van der Waals surface area contributed by atoms with Crippen LogP contribution in [0.1, 0.15) is 104 Å². The van der Waals surface area contributed by atoms with Gasteiger partial charge in [-0.3, -0.25) is 0 Å². The third-order valence-corrected chi connectivity index (χ3v) is 7.90. The van der Waals surface area contributed by atoms with E-state index in [4.69, 9.17) is 4.74 Å². The Morgan fingerprint density at radius 2 is 1.00 bits per heavy atom. The van der Waals surface area contributed by atoms with Crippen LogP contribution in [0.15, 0.2) is 0 Å².